The van der Waals surface area contributed by atoms with Crippen molar-refractivity contribution >= 4 is 47.4 Å². The van der Waals surface area contributed by atoms with Gasteiger partial charge in [0, 0.05) is 6.42 Å². The molecule has 0 unspecified atom stereocenters. The van der Waals surface area contributed by atoms with Crippen LogP contribution in [0.2, 0.25) is 0 Å². The molecule has 0 bridgehead atoms. The van der Waals surface area contributed by atoms with Gasteiger partial charge in [0.15, 0.2) is 0 Å². The molecule has 0 aromatic rings. The summed E-state index contributed by atoms with van der Waals surface area (Å²) < 4.78 is 0. The second-order valence-corrected chi connectivity index (χ2v) is 3.51. The number of amides is 1. The predicted molar refractivity (Wildman–Crippen MR) is 63.1 cm³/mol. The Kier molecular flexibility index (Phi) is 11.7. The summed E-state index contributed by atoms with van der Waals surface area (Å²) in [5.74, 6) is -2.99. The van der Waals surface area contributed by atoms with Crippen molar-refractivity contribution in [2.75, 3.05) is 0 Å². The average Bonchev–Trinajstić information content (AvgIpc) is 2.16. The van der Waals surface area contributed by atoms with Crippen LogP contribution in [0.4, 0.5) is 0 Å². The molecule has 0 aliphatic rings. The number of carboxylic acids is 2. The number of carbonyl (C=O) groups is 3. The van der Waals surface area contributed by atoms with Crippen LogP contribution in [0.3, 0.4) is 0 Å². The van der Waals surface area contributed by atoms with Crippen LogP contribution in [0.15, 0.2) is 0 Å². The van der Waals surface area contributed by atoms with Crippen LogP contribution in [0.25, 0.3) is 0 Å². The number of hydrogen-bond acceptors (Lipinski definition) is 3. The Bertz CT molecular complexity index is 269. The van der Waals surface area contributed by atoms with Crippen molar-refractivity contribution in [3.63, 3.8) is 0 Å². The summed E-state index contributed by atoms with van der Waals surface area (Å²) in [5, 5.41) is 19.3. The van der Waals surface area contributed by atoms with Gasteiger partial charge in [0.05, 0.1) is 6.42 Å². The van der Waals surface area contributed by atoms with Crippen molar-refractivity contribution in [3.8, 4) is 0 Å². The quantitative estimate of drug-likeness (QED) is 0.417. The molecule has 0 radical (unpaired) electrons. The molecule has 0 aromatic heterocycles. The minimum absolute atomic E-state index is 0. The maximum absolute atomic E-state index is 11.2. The minimum atomic E-state index is -1.34. The molecular formula is C10H18NNaO5. The molecule has 0 fully saturated rings. The van der Waals surface area contributed by atoms with Gasteiger partial charge in [-0.15, -0.1) is 0 Å². The van der Waals surface area contributed by atoms with Crippen molar-refractivity contribution in [3.05, 3.63) is 0 Å². The molecule has 0 aliphatic heterocycles. The molecule has 0 saturated heterocycles. The van der Waals surface area contributed by atoms with E-state index >= 15 is 0 Å². The topological polar surface area (TPSA) is 104 Å². The second-order valence-electron chi connectivity index (χ2n) is 3.51. The molecule has 0 saturated carbocycles. The van der Waals surface area contributed by atoms with Gasteiger partial charge in [-0.25, -0.2) is 4.79 Å². The van der Waals surface area contributed by atoms with Crippen LogP contribution in [0.1, 0.15) is 39.0 Å². The monoisotopic (exact) mass is 255 g/mol. The van der Waals surface area contributed by atoms with E-state index in [0.717, 1.165) is 12.8 Å². The summed E-state index contributed by atoms with van der Waals surface area (Å²) in [6.07, 6.45) is 2.17. The first-order valence-corrected chi connectivity index (χ1v) is 5.21. The zero-order valence-corrected chi connectivity index (χ0v) is 9.23. The summed E-state index contributed by atoms with van der Waals surface area (Å²) in [5.41, 5.74) is 0. The molecular weight excluding hydrogens is 237 g/mol. The molecule has 3 N–H and O–H groups in total. The fraction of sp³-hybridized carbons (Fsp3) is 0.700. The Balaban J connectivity index is 0. The number of unbranched alkanes of at least 4 members (excludes halogenated alkanes) is 2. The number of carbonyl (C=O) groups excluding carboxylic acids is 1. The van der Waals surface area contributed by atoms with E-state index in [4.69, 9.17) is 10.2 Å². The van der Waals surface area contributed by atoms with Crippen LogP contribution in [-0.2, 0) is 14.4 Å². The van der Waals surface area contributed by atoms with Gasteiger partial charge in [0.25, 0.3) is 0 Å². The Hall–Kier alpha value is -0.590. The van der Waals surface area contributed by atoms with Gasteiger partial charge in [-0.1, -0.05) is 19.8 Å². The van der Waals surface area contributed by atoms with Crippen LogP contribution < -0.4 is 5.32 Å². The molecule has 6 nitrogen and oxygen atoms in total. The number of aliphatic carboxylic acids is 2. The zero-order chi connectivity index (χ0) is 12.6. The number of hydrogen-bond donors (Lipinski definition) is 3. The van der Waals surface area contributed by atoms with Gasteiger partial charge < -0.3 is 15.5 Å². The molecule has 0 spiro atoms. The van der Waals surface area contributed by atoms with Crippen molar-refractivity contribution in [2.24, 2.45) is 0 Å². The van der Waals surface area contributed by atoms with Crippen LogP contribution in [0, 0.1) is 0 Å². The van der Waals surface area contributed by atoms with Gasteiger partial charge in [-0.05, 0) is 6.42 Å². The fourth-order valence-electron chi connectivity index (χ4n) is 1.18. The second kappa shape index (κ2) is 10.6. The van der Waals surface area contributed by atoms with E-state index in [-0.39, 0.29) is 36.0 Å². The zero-order valence-electron chi connectivity index (χ0n) is 9.23. The fourth-order valence-corrected chi connectivity index (χ4v) is 1.18. The van der Waals surface area contributed by atoms with Gasteiger partial charge in [0.1, 0.15) is 6.04 Å². The van der Waals surface area contributed by atoms with Crippen LogP contribution in [0.5, 0.6) is 0 Å². The van der Waals surface area contributed by atoms with Crippen LogP contribution in [-0.4, -0.2) is 63.7 Å². The standard InChI is InChI=1S/C10H17NO5.Na.H/c1-2-3-4-5-8(12)11-7(10(15)16)6-9(13)14;;/h7H,2-6H2,1H3,(H,11,12)(H,13,14)(H,15,16);;/t7-;;/m0../s1. The third kappa shape index (κ3) is 10.3. The first kappa shape index (κ1) is 18.8. The molecule has 94 valence electrons. The normalized spacial score (nSPS) is 11.1. The molecule has 0 heterocycles. The number of rotatable bonds is 8. The molecule has 17 heavy (non-hydrogen) atoms. The average molecular weight is 255 g/mol. The van der Waals surface area contributed by atoms with Gasteiger partial charge in [-0.2, -0.15) is 0 Å². The summed E-state index contributed by atoms with van der Waals surface area (Å²) in [6.45, 7) is 1.99. The number of nitrogens with one attached hydrogen (secondary N) is 1. The van der Waals surface area contributed by atoms with E-state index in [1.54, 1.807) is 0 Å². The van der Waals surface area contributed by atoms with Gasteiger partial charge in [0.2, 0.25) is 5.91 Å². The van der Waals surface area contributed by atoms with E-state index in [1.807, 2.05) is 6.92 Å². The van der Waals surface area contributed by atoms with Gasteiger partial charge >= 0.3 is 41.5 Å². The van der Waals surface area contributed by atoms with E-state index in [2.05, 4.69) is 5.32 Å². The first-order chi connectivity index (χ1) is 7.47. The predicted octanol–water partition coefficient (Wildman–Crippen LogP) is -0.0377. The van der Waals surface area contributed by atoms with Gasteiger partial charge in [-0.3, -0.25) is 9.59 Å². The maximum atomic E-state index is 11.2. The van der Waals surface area contributed by atoms with E-state index in [9.17, 15) is 14.4 Å². The summed E-state index contributed by atoms with van der Waals surface area (Å²) in [4.78, 5) is 32.2. The summed E-state index contributed by atoms with van der Waals surface area (Å²) >= 11 is 0. The first-order valence-electron chi connectivity index (χ1n) is 5.21. The van der Waals surface area contributed by atoms with Crippen LogP contribution >= 0.6 is 0 Å². The molecule has 1 atom stereocenters. The molecule has 0 aromatic carbocycles. The molecule has 0 aliphatic carbocycles. The molecule has 1 amide bonds. The molecule has 7 heteroatoms. The summed E-state index contributed by atoms with van der Waals surface area (Å²) in [7, 11) is 0. The van der Waals surface area contributed by atoms with E-state index < -0.39 is 30.3 Å². The summed E-state index contributed by atoms with van der Waals surface area (Å²) in [6, 6.07) is -1.34. The van der Waals surface area contributed by atoms with Crippen molar-refractivity contribution in [1.29, 1.82) is 0 Å². The van der Waals surface area contributed by atoms with E-state index in [0.29, 0.717) is 6.42 Å². The number of carboxylic acid groups (broad SMARTS) is 2. The Morgan fingerprint density at radius 2 is 1.76 bits per heavy atom. The SMILES string of the molecule is CCCCCC(=O)N[C@@H](CC(=O)O)C(=O)O.[NaH]. The Morgan fingerprint density at radius 3 is 2.18 bits per heavy atom. The Labute approximate surface area is 122 Å². The van der Waals surface area contributed by atoms with E-state index in [1.165, 1.54) is 0 Å². The molecule has 0 rings (SSSR count). The van der Waals surface area contributed by atoms with Crippen molar-refractivity contribution in [2.45, 2.75) is 45.1 Å². The Morgan fingerprint density at radius 1 is 1.18 bits per heavy atom. The van der Waals surface area contributed by atoms with Crippen molar-refractivity contribution < 1.29 is 24.6 Å². The third-order valence-corrected chi connectivity index (χ3v) is 2.02. The third-order valence-electron chi connectivity index (χ3n) is 2.02. The van der Waals surface area contributed by atoms with Crippen molar-refractivity contribution in [1.82, 2.24) is 5.32 Å².